The Kier molecular flexibility index (Phi) is 8.83. The van der Waals surface area contributed by atoms with Gasteiger partial charge in [0, 0.05) is 45.9 Å². The number of fused-ring (bicyclic) bond motifs is 2. The predicted molar refractivity (Wildman–Crippen MR) is 165 cm³/mol. The van der Waals surface area contributed by atoms with Gasteiger partial charge in [0.05, 0.1) is 18.0 Å². The van der Waals surface area contributed by atoms with Crippen molar-refractivity contribution >= 4 is 17.7 Å². The van der Waals surface area contributed by atoms with E-state index in [1.54, 1.807) is 42.9 Å². The third-order valence-electron chi connectivity index (χ3n) is 8.78. The van der Waals surface area contributed by atoms with E-state index in [0.717, 1.165) is 28.7 Å². The van der Waals surface area contributed by atoms with Crippen LogP contribution in [0.1, 0.15) is 73.9 Å². The number of nitrogens with zero attached hydrogens (tertiary/aromatic N) is 6. The molecule has 1 saturated heterocycles. The van der Waals surface area contributed by atoms with Gasteiger partial charge in [-0.15, -0.1) is 10.2 Å². The summed E-state index contributed by atoms with van der Waals surface area (Å²) in [5.74, 6) is 1.10. The lowest BCUT2D eigenvalue weighted by molar-refractivity contribution is -0.130. The highest BCUT2D eigenvalue weighted by atomic mass is 16.2. The number of hydrogen-bond donors (Lipinski definition) is 2. The molecule has 2 aliphatic rings. The number of aromatic amines is 1. The van der Waals surface area contributed by atoms with Crippen LogP contribution in [-0.4, -0.2) is 101 Å². The van der Waals surface area contributed by atoms with E-state index in [0.29, 0.717) is 61.5 Å². The Bertz CT molecular complexity index is 1550. The Morgan fingerprint density at radius 1 is 1.00 bits per heavy atom. The molecule has 11 nitrogen and oxygen atoms in total. The molecule has 0 saturated carbocycles. The number of carbonyl (C=O) groups is 3. The Labute approximate surface area is 258 Å². The van der Waals surface area contributed by atoms with Crippen LogP contribution in [0, 0.1) is 18.3 Å². The van der Waals surface area contributed by atoms with Crippen LogP contribution in [0.25, 0.3) is 0 Å². The molecule has 2 N–H and O–H groups in total. The molecule has 3 aromatic rings. The molecule has 1 fully saturated rings. The molecule has 5 rings (SSSR count). The first kappa shape index (κ1) is 30.9. The number of hydrogen-bond acceptors (Lipinski definition) is 7. The van der Waals surface area contributed by atoms with Crippen molar-refractivity contribution in [2.24, 2.45) is 0 Å². The number of aryl methyl sites for hydroxylation is 3. The van der Waals surface area contributed by atoms with Crippen molar-refractivity contribution in [3.05, 3.63) is 81.4 Å². The summed E-state index contributed by atoms with van der Waals surface area (Å²) in [5, 5.41) is 21.7. The predicted octanol–water partition coefficient (Wildman–Crippen LogP) is 2.44. The largest absolute Gasteiger partial charge is 0.345 e. The molecule has 44 heavy (non-hydrogen) atoms. The molecule has 11 heteroatoms. The minimum atomic E-state index is -0.805. The lowest BCUT2D eigenvalue weighted by Crippen LogP contribution is -2.42. The molecular formula is C33H40N8O3. The van der Waals surface area contributed by atoms with Crippen LogP contribution in [0.3, 0.4) is 0 Å². The molecule has 3 amide bonds. The lowest BCUT2D eigenvalue weighted by Gasteiger charge is -2.35. The zero-order valence-corrected chi connectivity index (χ0v) is 26.1. The average Bonchev–Trinajstić information content (AvgIpc) is 3.66. The van der Waals surface area contributed by atoms with Crippen molar-refractivity contribution in [3.63, 3.8) is 0 Å². The average molecular weight is 597 g/mol. The molecule has 2 heterocycles. The topological polar surface area (TPSA) is 138 Å². The van der Waals surface area contributed by atoms with Crippen molar-refractivity contribution in [2.45, 2.75) is 50.5 Å². The highest BCUT2D eigenvalue weighted by Crippen LogP contribution is 2.46. The second-order valence-electron chi connectivity index (χ2n) is 12.1. The molecule has 1 aromatic heterocycles. The number of nitrogens with one attached hydrogen (secondary N) is 2. The maximum absolute atomic E-state index is 13.0. The first-order chi connectivity index (χ1) is 21.1. The number of amides is 3. The number of carbonyl (C=O) groups excluding carboxylic acids is 3. The molecule has 0 bridgehead atoms. The van der Waals surface area contributed by atoms with E-state index >= 15 is 0 Å². The summed E-state index contributed by atoms with van der Waals surface area (Å²) in [7, 11) is 6.96. The van der Waals surface area contributed by atoms with Gasteiger partial charge in [-0.1, -0.05) is 12.1 Å². The number of aromatic nitrogens is 3. The standard InChI is InChI=1S/C33H40N8O3/c1-21-36-32(38-37-21)33(14-15-35-20-29(42)41-16-6-7-26(41)19-34)27-12-10-24(30(43)39(2)3)17-22(27)8-9-23-18-25(11-13-28(23)33)31(44)40(4)5/h10-13,17-18,26,35H,6-9,14-16,20H2,1-5H3,(H,36,37,38)/t26-/m0/s1. The van der Waals surface area contributed by atoms with E-state index in [1.165, 1.54) is 0 Å². The maximum atomic E-state index is 13.0. The third kappa shape index (κ3) is 5.69. The highest BCUT2D eigenvalue weighted by Gasteiger charge is 2.44. The van der Waals surface area contributed by atoms with Gasteiger partial charge in [-0.3, -0.25) is 14.4 Å². The van der Waals surface area contributed by atoms with Crippen LogP contribution in [-0.2, 0) is 23.1 Å². The molecule has 1 atom stereocenters. The van der Waals surface area contributed by atoms with Gasteiger partial charge >= 0.3 is 0 Å². The summed E-state index contributed by atoms with van der Waals surface area (Å²) in [6.45, 7) is 3.05. The maximum Gasteiger partial charge on any atom is 0.253 e. The first-order valence-corrected chi connectivity index (χ1v) is 15.1. The van der Waals surface area contributed by atoms with Crippen LogP contribution < -0.4 is 5.32 Å². The zero-order chi connectivity index (χ0) is 31.6. The Morgan fingerprint density at radius 3 is 2.09 bits per heavy atom. The number of likely N-dealkylation sites (tertiary alicyclic amines) is 1. The van der Waals surface area contributed by atoms with Crippen LogP contribution in [0.15, 0.2) is 36.4 Å². The quantitative estimate of drug-likeness (QED) is 0.381. The van der Waals surface area contributed by atoms with E-state index in [-0.39, 0.29) is 30.3 Å². The van der Waals surface area contributed by atoms with Crippen LogP contribution in [0.2, 0.25) is 0 Å². The summed E-state index contributed by atoms with van der Waals surface area (Å²) < 4.78 is 0. The molecule has 0 spiro atoms. The monoisotopic (exact) mass is 596 g/mol. The van der Waals surface area contributed by atoms with Gasteiger partial charge in [-0.2, -0.15) is 5.26 Å². The number of H-pyrrole nitrogens is 1. The van der Waals surface area contributed by atoms with Gasteiger partial charge in [0.1, 0.15) is 17.7 Å². The van der Waals surface area contributed by atoms with E-state index in [1.807, 2.05) is 43.3 Å². The van der Waals surface area contributed by atoms with Crippen molar-refractivity contribution in [1.29, 1.82) is 5.26 Å². The molecule has 1 aliphatic heterocycles. The lowest BCUT2D eigenvalue weighted by atomic mass is 9.69. The number of nitriles is 1. The third-order valence-corrected chi connectivity index (χ3v) is 8.78. The minimum absolute atomic E-state index is 0.0766. The Morgan fingerprint density at radius 2 is 1.59 bits per heavy atom. The van der Waals surface area contributed by atoms with E-state index in [9.17, 15) is 19.6 Å². The van der Waals surface area contributed by atoms with Gasteiger partial charge in [0.25, 0.3) is 11.8 Å². The van der Waals surface area contributed by atoms with Crippen LogP contribution in [0.5, 0.6) is 0 Å². The first-order valence-electron chi connectivity index (χ1n) is 15.1. The SMILES string of the molecule is Cc1nnc(C2(CCNCC(=O)N3CCC[C@H]3C#N)c3ccc(C(=O)N(C)C)cc3CCc3cc(C(=O)N(C)C)ccc32)[nH]1. The number of benzene rings is 2. The van der Waals surface area contributed by atoms with Gasteiger partial charge in [-0.25, -0.2) is 0 Å². The van der Waals surface area contributed by atoms with Crippen molar-refractivity contribution in [1.82, 2.24) is 35.2 Å². The van der Waals surface area contributed by atoms with Crippen molar-refractivity contribution in [2.75, 3.05) is 47.8 Å². The summed E-state index contributed by atoms with van der Waals surface area (Å²) in [6, 6.07) is 13.6. The van der Waals surface area contributed by atoms with E-state index < -0.39 is 5.41 Å². The molecule has 0 unspecified atom stereocenters. The Balaban J connectivity index is 1.59. The van der Waals surface area contributed by atoms with Gasteiger partial charge < -0.3 is 25.0 Å². The fourth-order valence-electron chi connectivity index (χ4n) is 6.58. The van der Waals surface area contributed by atoms with E-state index in [4.69, 9.17) is 0 Å². The Hall–Kier alpha value is -4.56. The second-order valence-corrected chi connectivity index (χ2v) is 12.1. The van der Waals surface area contributed by atoms with E-state index in [2.05, 4.69) is 26.6 Å². The van der Waals surface area contributed by atoms with Gasteiger partial charge in [0.2, 0.25) is 5.91 Å². The fraction of sp³-hybridized carbons (Fsp3) is 0.455. The van der Waals surface area contributed by atoms with Gasteiger partial charge in [-0.05, 0) is 92.1 Å². The second kappa shape index (κ2) is 12.6. The highest BCUT2D eigenvalue weighted by molar-refractivity contribution is 5.95. The van der Waals surface area contributed by atoms with Crippen molar-refractivity contribution < 1.29 is 14.4 Å². The molecule has 0 radical (unpaired) electrons. The summed E-state index contributed by atoms with van der Waals surface area (Å²) >= 11 is 0. The molecule has 230 valence electrons. The van der Waals surface area contributed by atoms with Crippen LogP contribution >= 0.6 is 0 Å². The smallest absolute Gasteiger partial charge is 0.253 e. The van der Waals surface area contributed by atoms with Gasteiger partial charge in [0.15, 0.2) is 0 Å². The number of rotatable bonds is 8. The summed E-state index contributed by atoms with van der Waals surface area (Å²) in [6.07, 6.45) is 3.41. The van der Waals surface area contributed by atoms with Crippen LogP contribution in [0.4, 0.5) is 0 Å². The molecule has 2 aromatic carbocycles. The minimum Gasteiger partial charge on any atom is -0.345 e. The molecule has 1 aliphatic carbocycles. The summed E-state index contributed by atoms with van der Waals surface area (Å²) in [5.41, 5.74) is 4.46. The normalized spacial score (nSPS) is 16.8. The van der Waals surface area contributed by atoms with Crippen molar-refractivity contribution in [3.8, 4) is 6.07 Å². The fourth-order valence-corrected chi connectivity index (χ4v) is 6.58. The zero-order valence-electron chi connectivity index (χ0n) is 26.1. The molecular weight excluding hydrogens is 556 g/mol. The summed E-state index contributed by atoms with van der Waals surface area (Å²) in [4.78, 5) is 47.1.